The minimum absolute atomic E-state index is 0.0964. The Morgan fingerprint density at radius 2 is 1.84 bits per heavy atom. The van der Waals surface area contributed by atoms with Gasteiger partial charge in [-0.1, -0.05) is 11.6 Å². The molecule has 0 fully saturated rings. The van der Waals surface area contributed by atoms with Gasteiger partial charge < -0.3 is 5.32 Å². The molecule has 2 aromatic carbocycles. The largest absolute Gasteiger partial charge is 0.325 e. The smallest absolute Gasteiger partial charge is 0.249 e. The second-order valence-electron chi connectivity index (χ2n) is 7.17. The molecule has 0 radical (unpaired) electrons. The van der Waals surface area contributed by atoms with Crippen LogP contribution in [-0.2, 0) is 9.59 Å². The normalized spacial score (nSPS) is 13.5. The summed E-state index contributed by atoms with van der Waals surface area (Å²) in [6, 6.07) is 12.8. The van der Waals surface area contributed by atoms with Crippen LogP contribution in [0, 0.1) is 19.7 Å². The number of halogens is 2. The summed E-state index contributed by atoms with van der Waals surface area (Å²) in [5, 5.41) is 4.04. The topological polar surface area (TPSA) is 61.8 Å². The number of hydrogen-bond acceptors (Lipinski definition) is 4. The maximum Gasteiger partial charge on any atom is 0.249 e. The molecule has 0 atom stereocenters. The van der Waals surface area contributed by atoms with Gasteiger partial charge in [0.2, 0.25) is 11.8 Å². The molecule has 0 saturated heterocycles. The van der Waals surface area contributed by atoms with E-state index < -0.39 is 0 Å². The van der Waals surface area contributed by atoms with E-state index in [1.54, 1.807) is 36.4 Å². The summed E-state index contributed by atoms with van der Waals surface area (Å²) in [4.78, 5) is 32.7. The zero-order chi connectivity index (χ0) is 22.1. The van der Waals surface area contributed by atoms with E-state index in [1.807, 2.05) is 13.8 Å². The van der Waals surface area contributed by atoms with Crippen molar-refractivity contribution in [3.8, 4) is 0 Å². The molecule has 158 valence electrons. The number of thiophene rings is 1. The first kappa shape index (κ1) is 21.2. The summed E-state index contributed by atoms with van der Waals surface area (Å²) in [7, 11) is 0. The lowest BCUT2D eigenvalue weighted by Crippen LogP contribution is -2.38. The molecule has 8 heteroatoms. The molecule has 31 heavy (non-hydrogen) atoms. The summed E-state index contributed by atoms with van der Waals surface area (Å²) in [5.74, 6) is -0.936. The van der Waals surface area contributed by atoms with Crippen molar-refractivity contribution in [3.05, 3.63) is 80.9 Å². The lowest BCUT2D eigenvalue weighted by molar-refractivity contribution is -0.120. The fourth-order valence-corrected chi connectivity index (χ4v) is 4.68. The van der Waals surface area contributed by atoms with Crippen LogP contribution in [0.3, 0.4) is 0 Å². The zero-order valence-electron chi connectivity index (χ0n) is 16.9. The van der Waals surface area contributed by atoms with Crippen molar-refractivity contribution in [2.45, 2.75) is 13.8 Å². The number of anilines is 2. The molecule has 0 bridgehead atoms. The third-order valence-corrected chi connectivity index (χ3v) is 6.55. The zero-order valence-corrected chi connectivity index (χ0v) is 18.5. The molecule has 0 aliphatic carbocycles. The molecule has 3 aromatic rings. The van der Waals surface area contributed by atoms with E-state index >= 15 is 0 Å². The fraction of sp³-hybridized carbons (Fsp3) is 0.174. The second-order valence-corrected chi connectivity index (χ2v) is 8.81. The SMILES string of the molecule is Cc1sc2c(c1C)C(c1ccc(F)cc1)=NCC(=O)N2CC(=O)Nc1ccc(Cl)cc1. The lowest BCUT2D eigenvalue weighted by atomic mass is 10.00. The highest BCUT2D eigenvalue weighted by Crippen LogP contribution is 2.38. The first-order valence-corrected chi connectivity index (χ1v) is 10.8. The molecule has 1 N–H and O–H groups in total. The van der Waals surface area contributed by atoms with Crippen molar-refractivity contribution < 1.29 is 14.0 Å². The molecular formula is C23H19ClFN3O2S. The molecule has 0 unspecified atom stereocenters. The summed E-state index contributed by atoms with van der Waals surface area (Å²) >= 11 is 7.34. The van der Waals surface area contributed by atoms with Crippen LogP contribution in [0.2, 0.25) is 5.02 Å². The van der Waals surface area contributed by atoms with Crippen molar-refractivity contribution in [1.29, 1.82) is 0 Å². The van der Waals surface area contributed by atoms with Gasteiger partial charge in [0.1, 0.15) is 23.9 Å². The van der Waals surface area contributed by atoms with Crippen molar-refractivity contribution in [3.63, 3.8) is 0 Å². The first-order valence-electron chi connectivity index (χ1n) is 9.60. The molecule has 0 spiro atoms. The first-order chi connectivity index (χ1) is 14.8. The fourth-order valence-electron chi connectivity index (χ4n) is 3.38. The minimum atomic E-state index is -0.340. The third-order valence-electron chi connectivity index (χ3n) is 5.07. The highest BCUT2D eigenvalue weighted by atomic mass is 35.5. The van der Waals surface area contributed by atoms with Crippen molar-refractivity contribution in [1.82, 2.24) is 0 Å². The maximum absolute atomic E-state index is 13.4. The molecule has 0 saturated carbocycles. The molecule has 1 aromatic heterocycles. The molecule has 4 rings (SSSR count). The number of rotatable bonds is 4. The highest BCUT2D eigenvalue weighted by molar-refractivity contribution is 7.17. The summed E-state index contributed by atoms with van der Waals surface area (Å²) in [5.41, 5.74) is 3.74. The van der Waals surface area contributed by atoms with E-state index in [4.69, 9.17) is 11.6 Å². The van der Waals surface area contributed by atoms with Gasteiger partial charge in [0.25, 0.3) is 0 Å². The van der Waals surface area contributed by atoms with Crippen LogP contribution >= 0.6 is 22.9 Å². The number of aryl methyl sites for hydroxylation is 1. The molecule has 1 aliphatic rings. The van der Waals surface area contributed by atoms with Gasteiger partial charge in [-0.25, -0.2) is 4.39 Å². The van der Waals surface area contributed by atoms with Gasteiger partial charge in [-0.3, -0.25) is 19.5 Å². The van der Waals surface area contributed by atoms with Gasteiger partial charge in [-0.15, -0.1) is 11.3 Å². The van der Waals surface area contributed by atoms with Gasteiger partial charge in [-0.05, 0) is 67.9 Å². The average molecular weight is 456 g/mol. The van der Waals surface area contributed by atoms with Crippen molar-refractivity contribution in [2.75, 3.05) is 23.3 Å². The van der Waals surface area contributed by atoms with Crippen LogP contribution < -0.4 is 10.2 Å². The number of aliphatic imine (C=N–C) groups is 1. The van der Waals surface area contributed by atoms with E-state index in [9.17, 15) is 14.0 Å². The second kappa shape index (κ2) is 8.61. The summed E-state index contributed by atoms with van der Waals surface area (Å²) in [6.45, 7) is 3.69. The molecule has 1 aliphatic heterocycles. The van der Waals surface area contributed by atoms with Gasteiger partial charge in [0.15, 0.2) is 0 Å². The number of amides is 2. The van der Waals surface area contributed by atoms with Crippen LogP contribution in [0.25, 0.3) is 0 Å². The number of nitrogens with one attached hydrogen (secondary N) is 1. The Bertz CT molecular complexity index is 1190. The van der Waals surface area contributed by atoms with E-state index in [-0.39, 0.29) is 30.7 Å². The number of carbonyl (C=O) groups is 2. The Morgan fingerprint density at radius 3 is 2.52 bits per heavy atom. The number of fused-ring (bicyclic) bond motifs is 1. The summed E-state index contributed by atoms with van der Waals surface area (Å²) < 4.78 is 13.4. The molecular weight excluding hydrogens is 437 g/mol. The summed E-state index contributed by atoms with van der Waals surface area (Å²) in [6.07, 6.45) is 0. The third kappa shape index (κ3) is 4.38. The number of carbonyl (C=O) groups excluding carboxylic acids is 2. The van der Waals surface area contributed by atoms with Crippen LogP contribution in [0.4, 0.5) is 15.1 Å². The predicted octanol–water partition coefficient (Wildman–Crippen LogP) is 4.98. The Morgan fingerprint density at radius 1 is 1.16 bits per heavy atom. The lowest BCUT2D eigenvalue weighted by Gasteiger charge is -2.20. The van der Waals surface area contributed by atoms with Gasteiger partial charge in [0.05, 0.1) is 5.71 Å². The van der Waals surface area contributed by atoms with E-state index in [2.05, 4.69) is 10.3 Å². The van der Waals surface area contributed by atoms with Gasteiger partial charge in [0, 0.05) is 26.7 Å². The van der Waals surface area contributed by atoms with Crippen LogP contribution in [0.1, 0.15) is 21.6 Å². The minimum Gasteiger partial charge on any atom is -0.325 e. The Labute approximate surface area is 188 Å². The highest BCUT2D eigenvalue weighted by Gasteiger charge is 2.30. The van der Waals surface area contributed by atoms with E-state index in [0.717, 1.165) is 21.6 Å². The Hall–Kier alpha value is -3.03. The average Bonchev–Trinajstić information content (AvgIpc) is 2.96. The number of hydrogen-bond donors (Lipinski definition) is 1. The predicted molar refractivity (Wildman–Crippen MR) is 123 cm³/mol. The number of nitrogens with zero attached hydrogens (tertiary/aromatic N) is 2. The van der Waals surface area contributed by atoms with Gasteiger partial charge in [-0.2, -0.15) is 0 Å². The number of benzene rings is 2. The quantitative estimate of drug-likeness (QED) is 0.603. The standard InChI is InChI=1S/C23H19ClFN3O2S/c1-13-14(2)31-23-21(13)22(15-3-7-17(25)8-4-15)26-11-20(30)28(23)12-19(29)27-18-9-5-16(24)6-10-18/h3-10H,11-12H2,1-2H3,(H,27,29). The van der Waals surface area contributed by atoms with E-state index in [0.29, 0.717) is 21.4 Å². The van der Waals surface area contributed by atoms with Crippen molar-refractivity contribution >= 4 is 51.2 Å². The molecule has 2 heterocycles. The molecule has 2 amide bonds. The van der Waals surface area contributed by atoms with Crippen LogP contribution in [0.5, 0.6) is 0 Å². The Kier molecular flexibility index (Phi) is 5.89. The van der Waals surface area contributed by atoms with E-state index in [1.165, 1.54) is 28.4 Å². The monoisotopic (exact) mass is 455 g/mol. The van der Waals surface area contributed by atoms with Crippen molar-refractivity contribution in [2.24, 2.45) is 4.99 Å². The van der Waals surface area contributed by atoms with Crippen LogP contribution in [-0.4, -0.2) is 30.6 Å². The maximum atomic E-state index is 13.4. The van der Waals surface area contributed by atoms with Crippen LogP contribution in [0.15, 0.2) is 53.5 Å². The molecule has 5 nitrogen and oxygen atoms in total. The Balaban J connectivity index is 1.67. The van der Waals surface area contributed by atoms with Gasteiger partial charge >= 0.3 is 0 Å².